The number of piperidine rings is 1. The highest BCUT2D eigenvalue weighted by molar-refractivity contribution is 6.30. The van der Waals surface area contributed by atoms with Crippen molar-refractivity contribution in [1.29, 1.82) is 0 Å². The van der Waals surface area contributed by atoms with Crippen molar-refractivity contribution in [3.63, 3.8) is 0 Å². The Balaban J connectivity index is 1.66. The Morgan fingerprint density at radius 3 is 2.81 bits per heavy atom. The van der Waals surface area contributed by atoms with E-state index in [0.29, 0.717) is 29.6 Å². The molecule has 0 N–H and O–H groups in total. The van der Waals surface area contributed by atoms with E-state index in [2.05, 4.69) is 4.98 Å². The quantitative estimate of drug-likeness (QED) is 0.783. The maximum absolute atomic E-state index is 13.9. The number of carbonyl (C=O) groups excluding carboxylic acids is 1. The van der Waals surface area contributed by atoms with Gasteiger partial charge in [-0.3, -0.25) is 4.79 Å². The zero-order valence-corrected chi connectivity index (χ0v) is 15.2. The van der Waals surface area contributed by atoms with Crippen LogP contribution in [0.25, 0.3) is 0 Å². The molecule has 0 saturated carbocycles. The minimum atomic E-state index is -0.398. The molecule has 0 aliphatic carbocycles. The number of hydrogen-bond donors (Lipinski definition) is 0. The molecular formula is C19H20ClFN2O3. The van der Waals surface area contributed by atoms with E-state index in [1.807, 2.05) is 12.1 Å². The van der Waals surface area contributed by atoms with Gasteiger partial charge in [0.05, 0.1) is 0 Å². The summed E-state index contributed by atoms with van der Waals surface area (Å²) in [6, 6.07) is 8.35. The van der Waals surface area contributed by atoms with Crippen LogP contribution in [0.2, 0.25) is 5.02 Å². The molecule has 3 rings (SSSR count). The van der Waals surface area contributed by atoms with Gasteiger partial charge in [-0.05, 0) is 37.0 Å². The van der Waals surface area contributed by atoms with E-state index in [1.165, 1.54) is 13.0 Å². The molecule has 0 unspecified atom stereocenters. The second-order valence-corrected chi connectivity index (χ2v) is 6.64. The lowest BCUT2D eigenvalue weighted by molar-refractivity contribution is -0.192. The fourth-order valence-corrected chi connectivity index (χ4v) is 3.22. The van der Waals surface area contributed by atoms with Gasteiger partial charge in [0.2, 0.25) is 5.88 Å². The topological polar surface area (TPSA) is 51.7 Å². The zero-order valence-electron chi connectivity index (χ0n) is 14.5. The molecule has 0 atom stereocenters. The van der Waals surface area contributed by atoms with Gasteiger partial charge in [-0.1, -0.05) is 23.7 Å². The highest BCUT2D eigenvalue weighted by Crippen LogP contribution is 2.33. The summed E-state index contributed by atoms with van der Waals surface area (Å²) in [5, 5.41) is 2.03. The van der Waals surface area contributed by atoms with Crippen molar-refractivity contribution >= 4 is 17.6 Å². The number of hydrogen-bond acceptors (Lipinski definition) is 5. The van der Waals surface area contributed by atoms with Crippen molar-refractivity contribution in [2.24, 2.45) is 0 Å². The van der Waals surface area contributed by atoms with Crippen LogP contribution in [-0.2, 0) is 16.2 Å². The fraction of sp³-hybridized carbons (Fsp3) is 0.368. The van der Waals surface area contributed by atoms with Gasteiger partial charge in [-0.15, -0.1) is 5.06 Å². The molecule has 0 radical (unpaired) electrons. The maximum Gasteiger partial charge on any atom is 0.322 e. The van der Waals surface area contributed by atoms with Crippen LogP contribution in [0.15, 0.2) is 36.5 Å². The summed E-state index contributed by atoms with van der Waals surface area (Å²) in [4.78, 5) is 20.5. The lowest BCUT2D eigenvalue weighted by atomic mass is 9.91. The molecule has 1 aromatic carbocycles. The predicted octanol–water partition coefficient (Wildman–Crippen LogP) is 4.11. The van der Waals surface area contributed by atoms with E-state index in [0.717, 1.165) is 18.4 Å². The first-order valence-corrected chi connectivity index (χ1v) is 8.86. The van der Waals surface area contributed by atoms with E-state index in [9.17, 15) is 9.18 Å². The summed E-state index contributed by atoms with van der Waals surface area (Å²) in [7, 11) is 0. The molecule has 1 aliphatic heterocycles. The first-order chi connectivity index (χ1) is 12.5. The average Bonchev–Trinajstić information content (AvgIpc) is 2.61. The number of rotatable bonds is 5. The molecule has 2 heterocycles. The number of aromatic nitrogens is 1. The smallest absolute Gasteiger partial charge is 0.322 e. The highest BCUT2D eigenvalue weighted by atomic mass is 35.5. The van der Waals surface area contributed by atoms with Crippen molar-refractivity contribution < 1.29 is 18.8 Å². The zero-order chi connectivity index (χ0) is 18.5. The number of nitrogens with zero attached hydrogens (tertiary/aromatic N) is 2. The minimum Gasteiger partial charge on any atom is -0.472 e. The highest BCUT2D eigenvalue weighted by Gasteiger charge is 2.25. The van der Waals surface area contributed by atoms with E-state index < -0.39 is 5.82 Å². The van der Waals surface area contributed by atoms with Crippen LogP contribution >= 0.6 is 11.6 Å². The summed E-state index contributed by atoms with van der Waals surface area (Å²) >= 11 is 5.78. The van der Waals surface area contributed by atoms with Crippen LogP contribution in [0, 0.1) is 5.82 Å². The summed E-state index contributed by atoms with van der Waals surface area (Å²) < 4.78 is 19.7. The standard InChI is InChI=1S/C19H20ClFN2O3/c1-13(24)26-23-9-6-14(7-10-23)17-3-2-8-22-19(17)25-12-15-4-5-16(20)11-18(15)21/h2-5,8,11,14H,6-7,9-10,12H2,1H3. The summed E-state index contributed by atoms with van der Waals surface area (Å²) in [6.45, 7) is 2.79. The number of hydroxylamine groups is 2. The van der Waals surface area contributed by atoms with Gasteiger partial charge in [0.15, 0.2) is 0 Å². The lowest BCUT2D eigenvalue weighted by Crippen LogP contribution is -2.34. The normalized spacial score (nSPS) is 15.7. The first-order valence-electron chi connectivity index (χ1n) is 8.48. The van der Waals surface area contributed by atoms with Gasteiger partial charge < -0.3 is 9.57 Å². The Labute approximate surface area is 156 Å². The lowest BCUT2D eigenvalue weighted by Gasteiger charge is -2.30. The molecule has 1 saturated heterocycles. The van der Waals surface area contributed by atoms with E-state index >= 15 is 0 Å². The third kappa shape index (κ3) is 4.71. The number of ether oxygens (including phenoxy) is 1. The van der Waals surface area contributed by atoms with Crippen LogP contribution in [0.5, 0.6) is 5.88 Å². The van der Waals surface area contributed by atoms with Crippen molar-refractivity contribution in [2.75, 3.05) is 13.1 Å². The first kappa shape index (κ1) is 18.6. The van der Waals surface area contributed by atoms with Crippen LogP contribution in [0.3, 0.4) is 0 Å². The molecule has 0 amide bonds. The van der Waals surface area contributed by atoms with E-state index in [4.69, 9.17) is 21.2 Å². The van der Waals surface area contributed by atoms with E-state index in [1.54, 1.807) is 23.4 Å². The molecular weight excluding hydrogens is 359 g/mol. The molecule has 1 aliphatic rings. The van der Waals surface area contributed by atoms with Gasteiger partial charge in [0.25, 0.3) is 0 Å². The van der Waals surface area contributed by atoms with Crippen LogP contribution in [0.4, 0.5) is 4.39 Å². The summed E-state index contributed by atoms with van der Waals surface area (Å²) in [6.07, 6.45) is 3.31. The Morgan fingerprint density at radius 1 is 1.35 bits per heavy atom. The maximum atomic E-state index is 13.9. The Kier molecular flexibility index (Phi) is 6.06. The van der Waals surface area contributed by atoms with Gasteiger partial charge >= 0.3 is 5.97 Å². The number of carbonyl (C=O) groups is 1. The second-order valence-electron chi connectivity index (χ2n) is 6.21. The minimum absolute atomic E-state index is 0.0826. The Morgan fingerprint density at radius 2 is 2.12 bits per heavy atom. The van der Waals surface area contributed by atoms with E-state index in [-0.39, 0.29) is 18.5 Å². The molecule has 1 aromatic heterocycles. The molecule has 26 heavy (non-hydrogen) atoms. The summed E-state index contributed by atoms with van der Waals surface area (Å²) in [5.41, 5.74) is 1.42. The predicted molar refractivity (Wildman–Crippen MR) is 95.3 cm³/mol. The van der Waals surface area contributed by atoms with Crippen molar-refractivity contribution in [1.82, 2.24) is 10.0 Å². The average molecular weight is 379 g/mol. The van der Waals surface area contributed by atoms with Crippen LogP contribution < -0.4 is 4.74 Å². The molecule has 0 bridgehead atoms. The SMILES string of the molecule is CC(=O)ON1CCC(c2cccnc2OCc2ccc(Cl)cc2F)CC1. The Bertz CT molecular complexity index is 779. The van der Waals surface area contributed by atoms with Gasteiger partial charge in [-0.2, -0.15) is 0 Å². The molecule has 5 nitrogen and oxygen atoms in total. The molecule has 2 aromatic rings. The number of pyridine rings is 1. The fourth-order valence-electron chi connectivity index (χ4n) is 3.06. The second kappa shape index (κ2) is 8.47. The molecule has 1 fully saturated rings. The molecule has 0 spiro atoms. The Hall–Kier alpha value is -2.18. The van der Waals surface area contributed by atoms with Gasteiger partial charge in [0.1, 0.15) is 12.4 Å². The number of benzene rings is 1. The largest absolute Gasteiger partial charge is 0.472 e. The van der Waals surface area contributed by atoms with Crippen molar-refractivity contribution in [3.8, 4) is 5.88 Å². The van der Waals surface area contributed by atoms with Gasteiger partial charge in [-0.25, -0.2) is 9.37 Å². The van der Waals surface area contributed by atoms with Crippen molar-refractivity contribution in [3.05, 3.63) is 58.5 Å². The van der Waals surface area contributed by atoms with Gasteiger partial charge in [0, 0.05) is 42.4 Å². The van der Waals surface area contributed by atoms with Crippen molar-refractivity contribution in [2.45, 2.75) is 32.3 Å². The molecule has 7 heteroatoms. The van der Waals surface area contributed by atoms with Crippen LogP contribution in [0.1, 0.15) is 36.8 Å². The number of halogens is 2. The third-order valence-electron chi connectivity index (χ3n) is 4.33. The monoisotopic (exact) mass is 378 g/mol. The van der Waals surface area contributed by atoms with Crippen LogP contribution in [-0.4, -0.2) is 29.1 Å². The summed E-state index contributed by atoms with van der Waals surface area (Å²) in [5.74, 6) is 0.0527. The third-order valence-corrected chi connectivity index (χ3v) is 4.57. The molecule has 138 valence electrons.